The van der Waals surface area contributed by atoms with Crippen LogP contribution in [0.2, 0.25) is 0 Å². The Morgan fingerprint density at radius 3 is 2.71 bits per heavy atom. The third-order valence-electron chi connectivity index (χ3n) is 2.73. The van der Waals surface area contributed by atoms with Crippen molar-refractivity contribution in [3.8, 4) is 0 Å². The largest absolute Gasteiger partial charge is 0.476 e. The van der Waals surface area contributed by atoms with Gasteiger partial charge in [0, 0.05) is 0 Å². The molecule has 0 radical (unpaired) electrons. The number of rotatable bonds is 3. The molecule has 0 spiro atoms. The molecule has 94 valence electrons. The lowest BCUT2D eigenvalue weighted by molar-refractivity contribution is -0.243. The molecule has 2 rings (SSSR count). The van der Waals surface area contributed by atoms with Crippen LogP contribution in [0.5, 0.6) is 0 Å². The molecule has 0 amide bonds. The molecule has 0 saturated heterocycles. The minimum absolute atomic E-state index is 0.449. The van der Waals surface area contributed by atoms with Crippen molar-refractivity contribution < 1.29 is 27.5 Å². The Balaban J connectivity index is 2.17. The summed E-state index contributed by atoms with van der Waals surface area (Å²) < 4.78 is 52.0. The highest BCUT2D eigenvalue weighted by molar-refractivity contribution is 5.85. The number of halogens is 4. The van der Waals surface area contributed by atoms with Gasteiger partial charge in [0.05, 0.1) is 18.7 Å². The Bertz CT molecular complexity index is 450. The van der Waals surface area contributed by atoms with Crippen LogP contribution < -0.4 is 0 Å². The number of hydrogen-bond acceptors (Lipinski definition) is 3. The molecule has 3 unspecified atom stereocenters. The zero-order chi connectivity index (χ0) is 12.8. The second kappa shape index (κ2) is 3.67. The molecule has 1 aromatic rings. The number of hydrogen-bond donors (Lipinski definition) is 1. The first kappa shape index (κ1) is 11.8. The summed E-state index contributed by atoms with van der Waals surface area (Å²) in [5.41, 5.74) is -0.449. The molecule has 0 aliphatic heterocycles. The molecule has 1 aliphatic rings. The summed E-state index contributed by atoms with van der Waals surface area (Å²) >= 11 is 0. The molecular formula is C8H7F4N3O2. The molecule has 3 atom stereocenters. The lowest BCUT2D eigenvalue weighted by Gasteiger charge is -2.42. The summed E-state index contributed by atoms with van der Waals surface area (Å²) in [5.74, 6) is -7.15. The first-order chi connectivity index (χ1) is 7.85. The summed E-state index contributed by atoms with van der Waals surface area (Å²) in [6.45, 7) is -0.726. The van der Waals surface area contributed by atoms with Crippen molar-refractivity contribution in [3.05, 3.63) is 11.9 Å². The second-order valence-corrected chi connectivity index (χ2v) is 3.73. The van der Waals surface area contributed by atoms with Crippen LogP contribution in [0.15, 0.2) is 6.20 Å². The van der Waals surface area contributed by atoms with Gasteiger partial charge in [-0.05, 0) is 0 Å². The van der Waals surface area contributed by atoms with Gasteiger partial charge in [-0.1, -0.05) is 5.21 Å². The Hall–Kier alpha value is -1.67. The van der Waals surface area contributed by atoms with Gasteiger partial charge < -0.3 is 5.11 Å². The molecule has 1 aromatic heterocycles. The highest BCUT2D eigenvalue weighted by atomic mass is 19.3. The Morgan fingerprint density at radius 1 is 1.53 bits per heavy atom. The normalized spacial score (nSPS) is 30.9. The number of carbonyl (C=O) groups is 1. The maximum atomic E-state index is 12.9. The zero-order valence-corrected chi connectivity index (χ0v) is 8.23. The lowest BCUT2D eigenvalue weighted by Crippen LogP contribution is -2.62. The predicted octanol–water partition coefficient (Wildman–Crippen LogP) is 0.918. The number of aromatic nitrogens is 3. The molecule has 9 heteroatoms. The molecule has 17 heavy (non-hydrogen) atoms. The number of carboxylic acids is 1. The van der Waals surface area contributed by atoms with Crippen LogP contribution in [-0.2, 0) is 6.54 Å². The molecule has 1 aliphatic carbocycles. The highest BCUT2D eigenvalue weighted by Crippen LogP contribution is 2.48. The number of aromatic carboxylic acids is 1. The van der Waals surface area contributed by atoms with E-state index in [9.17, 15) is 22.4 Å². The second-order valence-electron chi connectivity index (χ2n) is 3.73. The van der Waals surface area contributed by atoms with Gasteiger partial charge in [-0.25, -0.2) is 27.0 Å². The van der Waals surface area contributed by atoms with E-state index in [4.69, 9.17) is 5.11 Å². The van der Waals surface area contributed by atoms with Crippen LogP contribution in [0.4, 0.5) is 17.6 Å². The molecule has 1 saturated carbocycles. The van der Waals surface area contributed by atoms with E-state index >= 15 is 0 Å². The lowest BCUT2D eigenvalue weighted by atomic mass is 9.76. The average molecular weight is 253 g/mol. The van der Waals surface area contributed by atoms with Crippen LogP contribution in [0.3, 0.4) is 0 Å². The van der Waals surface area contributed by atoms with Gasteiger partial charge in [0.15, 0.2) is 11.9 Å². The minimum atomic E-state index is -3.80. The van der Waals surface area contributed by atoms with Crippen molar-refractivity contribution in [2.24, 2.45) is 5.92 Å². The summed E-state index contributed by atoms with van der Waals surface area (Å²) in [6, 6.07) is 0. The molecule has 1 heterocycles. The fourth-order valence-electron chi connectivity index (χ4n) is 1.68. The van der Waals surface area contributed by atoms with E-state index in [1.165, 1.54) is 0 Å². The number of carboxylic acid groups (broad SMARTS) is 1. The zero-order valence-electron chi connectivity index (χ0n) is 8.23. The van der Waals surface area contributed by atoms with Crippen molar-refractivity contribution in [2.45, 2.75) is 24.8 Å². The fraction of sp³-hybridized carbons (Fsp3) is 0.625. The van der Waals surface area contributed by atoms with E-state index in [2.05, 4.69) is 10.3 Å². The monoisotopic (exact) mass is 253 g/mol. The maximum absolute atomic E-state index is 12.9. The summed E-state index contributed by atoms with van der Waals surface area (Å²) in [7, 11) is 0. The van der Waals surface area contributed by atoms with Crippen molar-refractivity contribution in [3.63, 3.8) is 0 Å². The molecule has 1 N–H and O–H groups in total. The molecular weight excluding hydrogens is 246 g/mol. The Labute approximate surface area is 92.0 Å². The molecule has 0 aromatic carbocycles. The Kier molecular flexibility index (Phi) is 2.55. The van der Waals surface area contributed by atoms with Gasteiger partial charge >= 0.3 is 5.97 Å². The first-order valence-corrected chi connectivity index (χ1v) is 4.63. The molecule has 0 bridgehead atoms. The number of nitrogens with zero attached hydrogens (tertiary/aromatic N) is 3. The smallest absolute Gasteiger partial charge is 0.355 e. The molecule has 1 fully saturated rings. The van der Waals surface area contributed by atoms with E-state index in [0.717, 1.165) is 6.20 Å². The summed E-state index contributed by atoms with van der Waals surface area (Å²) in [4.78, 5) is 10.6. The SMILES string of the molecule is O=C(O)c1cnnn1CC1C(F)C(F)C1(F)F. The quantitative estimate of drug-likeness (QED) is 0.813. The predicted molar refractivity (Wildman–Crippen MR) is 45.2 cm³/mol. The van der Waals surface area contributed by atoms with E-state index in [-0.39, 0.29) is 0 Å². The van der Waals surface area contributed by atoms with E-state index in [1.807, 2.05) is 0 Å². The van der Waals surface area contributed by atoms with Crippen molar-refractivity contribution in [2.75, 3.05) is 0 Å². The van der Waals surface area contributed by atoms with Crippen LogP contribution >= 0.6 is 0 Å². The van der Waals surface area contributed by atoms with Gasteiger partial charge in [0.2, 0.25) is 0 Å². The van der Waals surface area contributed by atoms with Gasteiger partial charge in [-0.15, -0.1) is 5.10 Å². The summed E-state index contributed by atoms with van der Waals surface area (Å²) in [5, 5.41) is 15.1. The fourth-order valence-corrected chi connectivity index (χ4v) is 1.68. The van der Waals surface area contributed by atoms with Gasteiger partial charge in [0.1, 0.15) is 6.17 Å². The van der Waals surface area contributed by atoms with E-state index < -0.39 is 42.4 Å². The van der Waals surface area contributed by atoms with Crippen LogP contribution in [0.25, 0.3) is 0 Å². The third-order valence-corrected chi connectivity index (χ3v) is 2.73. The van der Waals surface area contributed by atoms with E-state index in [0.29, 0.717) is 4.68 Å². The maximum Gasteiger partial charge on any atom is 0.355 e. The third kappa shape index (κ3) is 1.65. The van der Waals surface area contributed by atoms with Gasteiger partial charge in [-0.2, -0.15) is 0 Å². The van der Waals surface area contributed by atoms with Crippen molar-refractivity contribution in [1.29, 1.82) is 0 Å². The number of alkyl halides is 4. The molecule has 5 nitrogen and oxygen atoms in total. The van der Waals surface area contributed by atoms with Crippen LogP contribution in [-0.4, -0.2) is 44.3 Å². The summed E-state index contributed by atoms with van der Waals surface area (Å²) in [6.07, 6.45) is -4.32. The average Bonchev–Trinajstić information content (AvgIpc) is 2.72. The van der Waals surface area contributed by atoms with Crippen LogP contribution in [0.1, 0.15) is 10.5 Å². The van der Waals surface area contributed by atoms with Crippen molar-refractivity contribution in [1.82, 2.24) is 15.0 Å². The minimum Gasteiger partial charge on any atom is -0.476 e. The van der Waals surface area contributed by atoms with Gasteiger partial charge in [0.25, 0.3) is 5.92 Å². The Morgan fingerprint density at radius 2 is 2.18 bits per heavy atom. The highest BCUT2D eigenvalue weighted by Gasteiger charge is 2.67. The van der Waals surface area contributed by atoms with Crippen LogP contribution in [0, 0.1) is 5.92 Å². The van der Waals surface area contributed by atoms with Crippen molar-refractivity contribution >= 4 is 5.97 Å². The first-order valence-electron chi connectivity index (χ1n) is 4.63. The standard InChI is InChI=1S/C8H7F4N3O2/c9-5-3(8(11,12)6(5)10)2-15-4(7(16)17)1-13-14-15/h1,3,5-6H,2H2,(H,16,17). The van der Waals surface area contributed by atoms with E-state index in [1.54, 1.807) is 0 Å². The van der Waals surface area contributed by atoms with Gasteiger partial charge in [-0.3, -0.25) is 0 Å². The topological polar surface area (TPSA) is 68.0 Å².